The van der Waals surface area contributed by atoms with Crippen molar-refractivity contribution in [3.8, 4) is 5.75 Å². The quantitative estimate of drug-likeness (QED) is 0.151. The van der Waals surface area contributed by atoms with Crippen LogP contribution in [0, 0.1) is 0 Å². The third-order valence-corrected chi connectivity index (χ3v) is 10.4. The van der Waals surface area contributed by atoms with E-state index in [0.717, 1.165) is 18.0 Å². The Morgan fingerprint density at radius 2 is 1.26 bits per heavy atom. The average Bonchev–Trinajstić information content (AvgIpc) is 3.08. The summed E-state index contributed by atoms with van der Waals surface area (Å²) in [6, 6.07) is 54.4. The Morgan fingerprint density at radius 3 is 1.91 bits per heavy atom. The van der Waals surface area contributed by atoms with Gasteiger partial charge in [0, 0.05) is 11.8 Å². The minimum atomic E-state index is -0.848. The van der Waals surface area contributed by atoms with E-state index < -0.39 is 7.92 Å². The molecule has 0 aliphatic rings. The lowest BCUT2D eigenvalue weighted by Crippen LogP contribution is -2.33. The van der Waals surface area contributed by atoms with Gasteiger partial charge in [0.05, 0.1) is 18.8 Å². The van der Waals surface area contributed by atoms with E-state index in [2.05, 4.69) is 176 Å². The molecule has 0 aliphatic heterocycles. The molecule has 212 valence electrons. The molecule has 0 saturated heterocycles. The Morgan fingerprint density at radius 1 is 0.651 bits per heavy atom. The lowest BCUT2D eigenvalue weighted by Gasteiger charge is -2.35. The zero-order chi connectivity index (χ0) is 29.4. The standard InChI is InChI=1S/C40H36NOP/c1-31(34-28-27-33-19-12-13-20-35(33)30-34)41(29-15-18-32-16-6-3-7-17-32)40-38(42-2)25-14-26-39(40)43(36-21-8-4-9-22-36)37-23-10-5-11-24-37/h3-28,30-31H,29H2,1-2H3/b18-15-/t31-/m0/s1. The van der Waals surface area contributed by atoms with E-state index in [9.17, 15) is 0 Å². The van der Waals surface area contributed by atoms with Gasteiger partial charge in [-0.2, -0.15) is 0 Å². The van der Waals surface area contributed by atoms with Crippen LogP contribution >= 0.6 is 7.92 Å². The average molecular weight is 578 g/mol. The maximum absolute atomic E-state index is 6.15. The highest BCUT2D eigenvalue weighted by molar-refractivity contribution is 7.80. The summed E-state index contributed by atoms with van der Waals surface area (Å²) >= 11 is 0. The Bertz CT molecular complexity index is 1760. The first-order valence-electron chi connectivity index (χ1n) is 14.8. The lowest BCUT2D eigenvalue weighted by atomic mass is 10.0. The summed E-state index contributed by atoms with van der Waals surface area (Å²) in [6.45, 7) is 3.03. The van der Waals surface area contributed by atoms with Crippen LogP contribution in [-0.2, 0) is 0 Å². The number of hydrogen-bond acceptors (Lipinski definition) is 2. The van der Waals surface area contributed by atoms with E-state index in [-0.39, 0.29) is 6.04 Å². The van der Waals surface area contributed by atoms with Crippen molar-refractivity contribution >= 4 is 46.4 Å². The highest BCUT2D eigenvalue weighted by atomic mass is 31.1. The maximum atomic E-state index is 6.15. The van der Waals surface area contributed by atoms with E-state index in [4.69, 9.17) is 4.74 Å². The molecular weight excluding hydrogens is 541 g/mol. The van der Waals surface area contributed by atoms with E-state index in [0.29, 0.717) is 0 Å². The number of para-hydroxylation sites is 1. The number of ether oxygens (including phenoxy) is 1. The molecule has 6 aromatic carbocycles. The largest absolute Gasteiger partial charge is 0.495 e. The molecule has 1 atom stereocenters. The first kappa shape index (κ1) is 28.5. The summed E-state index contributed by atoms with van der Waals surface area (Å²) in [5.41, 5.74) is 3.60. The molecule has 3 heteroatoms. The molecule has 2 nitrogen and oxygen atoms in total. The first-order chi connectivity index (χ1) is 21.2. The van der Waals surface area contributed by atoms with E-state index in [1.807, 2.05) is 0 Å². The fourth-order valence-electron chi connectivity index (χ4n) is 5.68. The predicted octanol–water partition coefficient (Wildman–Crippen LogP) is 8.89. The van der Waals surface area contributed by atoms with Gasteiger partial charge < -0.3 is 9.64 Å². The van der Waals surface area contributed by atoms with Crippen LogP contribution in [0.4, 0.5) is 5.69 Å². The lowest BCUT2D eigenvalue weighted by molar-refractivity contribution is 0.414. The number of benzene rings is 6. The molecule has 0 unspecified atom stereocenters. The van der Waals surface area contributed by atoms with Gasteiger partial charge >= 0.3 is 0 Å². The molecule has 0 aromatic heterocycles. The fraction of sp³-hybridized carbons (Fsp3) is 0.100. The van der Waals surface area contributed by atoms with Gasteiger partial charge in [-0.1, -0.05) is 152 Å². The maximum Gasteiger partial charge on any atom is 0.142 e. The Balaban J connectivity index is 1.52. The van der Waals surface area contributed by atoms with Crippen LogP contribution in [-0.4, -0.2) is 13.7 Å². The summed E-state index contributed by atoms with van der Waals surface area (Å²) in [5.74, 6) is 0.887. The van der Waals surface area contributed by atoms with Crippen LogP contribution in [0.3, 0.4) is 0 Å². The number of methoxy groups -OCH3 is 1. The summed E-state index contributed by atoms with van der Waals surface area (Å²) in [5, 5.41) is 6.42. The van der Waals surface area contributed by atoms with Crippen molar-refractivity contribution in [1.29, 1.82) is 0 Å². The van der Waals surface area contributed by atoms with Crippen LogP contribution in [0.2, 0.25) is 0 Å². The van der Waals surface area contributed by atoms with Gasteiger partial charge in [0.2, 0.25) is 0 Å². The summed E-state index contributed by atoms with van der Waals surface area (Å²) in [7, 11) is 0.939. The molecule has 0 amide bonds. The second kappa shape index (κ2) is 13.6. The zero-order valence-corrected chi connectivity index (χ0v) is 25.6. The smallest absolute Gasteiger partial charge is 0.142 e. The normalized spacial score (nSPS) is 12.1. The SMILES string of the molecule is COc1cccc(P(c2ccccc2)c2ccccc2)c1N(C/C=C\c1ccccc1)[C@@H](C)c1ccc2ccccc2c1. The van der Waals surface area contributed by atoms with Gasteiger partial charge in [-0.05, 0) is 59.5 Å². The van der Waals surface area contributed by atoms with Crippen LogP contribution < -0.4 is 25.6 Å². The minimum Gasteiger partial charge on any atom is -0.495 e. The summed E-state index contributed by atoms with van der Waals surface area (Å²) < 4.78 is 6.15. The molecule has 0 bridgehead atoms. The fourth-order valence-corrected chi connectivity index (χ4v) is 8.16. The molecule has 0 spiro atoms. The predicted molar refractivity (Wildman–Crippen MR) is 187 cm³/mol. The highest BCUT2D eigenvalue weighted by Gasteiger charge is 2.27. The first-order valence-corrected chi connectivity index (χ1v) is 16.1. The van der Waals surface area contributed by atoms with Gasteiger partial charge in [0.1, 0.15) is 5.75 Å². The van der Waals surface area contributed by atoms with E-state index in [1.54, 1.807) is 7.11 Å². The summed E-state index contributed by atoms with van der Waals surface area (Å²) in [4.78, 5) is 2.51. The van der Waals surface area contributed by atoms with Crippen LogP contribution in [0.1, 0.15) is 24.1 Å². The molecule has 0 fully saturated rings. The molecule has 0 saturated carbocycles. The Hall–Kier alpha value is -4.65. The van der Waals surface area contributed by atoms with Crippen molar-refractivity contribution in [2.45, 2.75) is 13.0 Å². The van der Waals surface area contributed by atoms with Crippen molar-refractivity contribution in [3.05, 3.63) is 169 Å². The van der Waals surface area contributed by atoms with Crippen molar-refractivity contribution in [2.75, 3.05) is 18.6 Å². The van der Waals surface area contributed by atoms with Gasteiger partial charge in [-0.3, -0.25) is 0 Å². The van der Waals surface area contributed by atoms with E-state index in [1.165, 1.54) is 37.8 Å². The third-order valence-electron chi connectivity index (χ3n) is 7.89. The molecule has 0 heterocycles. The van der Waals surface area contributed by atoms with Gasteiger partial charge in [0.25, 0.3) is 0 Å². The third kappa shape index (κ3) is 6.41. The van der Waals surface area contributed by atoms with Crippen molar-refractivity contribution in [2.24, 2.45) is 0 Å². The van der Waals surface area contributed by atoms with Crippen molar-refractivity contribution in [3.63, 3.8) is 0 Å². The van der Waals surface area contributed by atoms with Crippen LogP contribution in [0.25, 0.3) is 16.8 Å². The Kier molecular flexibility index (Phi) is 8.97. The number of anilines is 1. The topological polar surface area (TPSA) is 12.5 Å². The number of fused-ring (bicyclic) bond motifs is 1. The number of nitrogens with zero attached hydrogens (tertiary/aromatic N) is 1. The summed E-state index contributed by atoms with van der Waals surface area (Å²) in [6.07, 6.45) is 4.49. The minimum absolute atomic E-state index is 0.0866. The molecule has 6 aromatic rings. The highest BCUT2D eigenvalue weighted by Crippen LogP contribution is 2.43. The number of rotatable bonds is 10. The molecule has 6 rings (SSSR count). The van der Waals surface area contributed by atoms with Crippen molar-refractivity contribution < 1.29 is 4.74 Å². The van der Waals surface area contributed by atoms with E-state index >= 15 is 0 Å². The van der Waals surface area contributed by atoms with Crippen LogP contribution in [0.15, 0.2) is 158 Å². The number of hydrogen-bond donors (Lipinski definition) is 0. The molecule has 0 aliphatic carbocycles. The monoisotopic (exact) mass is 577 g/mol. The van der Waals surface area contributed by atoms with Crippen LogP contribution in [0.5, 0.6) is 5.75 Å². The van der Waals surface area contributed by atoms with Gasteiger partial charge in [-0.15, -0.1) is 0 Å². The second-order valence-corrected chi connectivity index (χ2v) is 12.8. The van der Waals surface area contributed by atoms with Gasteiger partial charge in [0.15, 0.2) is 0 Å². The zero-order valence-electron chi connectivity index (χ0n) is 24.7. The second-order valence-electron chi connectivity index (χ2n) is 10.6. The Labute approximate surface area is 256 Å². The molecule has 0 radical (unpaired) electrons. The molecular formula is C40H36NOP. The van der Waals surface area contributed by atoms with Gasteiger partial charge in [-0.25, -0.2) is 0 Å². The van der Waals surface area contributed by atoms with Crippen molar-refractivity contribution in [1.82, 2.24) is 0 Å². The molecule has 0 N–H and O–H groups in total. The molecule has 43 heavy (non-hydrogen) atoms.